The van der Waals surface area contributed by atoms with Crippen LogP contribution in [0.5, 0.6) is 0 Å². The first-order valence-corrected chi connectivity index (χ1v) is 10.1. The molecule has 3 aliphatic rings. The summed E-state index contributed by atoms with van der Waals surface area (Å²) >= 11 is 0. The third-order valence-electron chi connectivity index (χ3n) is 5.69. The molecule has 1 saturated carbocycles. The molecule has 1 aromatic carbocycles. The number of aliphatic hydroxyl groups is 1. The third-order valence-corrected chi connectivity index (χ3v) is 5.69. The van der Waals surface area contributed by atoms with Crippen molar-refractivity contribution in [1.82, 2.24) is 9.80 Å². The van der Waals surface area contributed by atoms with Gasteiger partial charge in [-0.05, 0) is 42.7 Å². The number of piperazine rings is 1. The molecular weight excluding hydrogens is 401 g/mol. The lowest BCUT2D eigenvalue weighted by atomic mass is 9.96. The number of hydrogen-bond donors (Lipinski definition) is 1. The van der Waals surface area contributed by atoms with E-state index in [9.17, 15) is 23.9 Å². The first-order valence-electron chi connectivity index (χ1n) is 10.1. The highest BCUT2D eigenvalue weighted by Crippen LogP contribution is 2.37. The Balaban J connectivity index is 1.45. The molecule has 1 aliphatic heterocycles. The van der Waals surface area contributed by atoms with E-state index < -0.39 is 11.4 Å². The molecule has 1 aromatic rings. The number of benzene rings is 1. The molecule has 0 aromatic heterocycles. The van der Waals surface area contributed by atoms with E-state index in [0.29, 0.717) is 44.6 Å². The van der Waals surface area contributed by atoms with Gasteiger partial charge in [-0.15, -0.1) is 0 Å². The predicted molar refractivity (Wildman–Crippen MR) is 113 cm³/mol. The zero-order valence-electron chi connectivity index (χ0n) is 16.9. The molecule has 0 unspecified atom stereocenters. The van der Waals surface area contributed by atoms with E-state index in [1.54, 1.807) is 15.9 Å². The van der Waals surface area contributed by atoms with Gasteiger partial charge in [0, 0.05) is 43.5 Å². The highest BCUT2D eigenvalue weighted by molar-refractivity contribution is 6.50. The van der Waals surface area contributed by atoms with Gasteiger partial charge in [-0.25, -0.2) is 4.39 Å². The molecule has 2 aliphatic carbocycles. The lowest BCUT2D eigenvalue weighted by molar-refractivity contribution is -0.143. The molecule has 0 spiro atoms. The molecule has 8 heteroatoms. The minimum atomic E-state index is -1.21. The Kier molecular flexibility index (Phi) is 5.41. The van der Waals surface area contributed by atoms with Crippen LogP contribution in [-0.2, 0) is 9.59 Å². The number of halogens is 1. The maximum absolute atomic E-state index is 14.8. The first kappa shape index (κ1) is 20.9. The highest BCUT2D eigenvalue weighted by atomic mass is 19.1. The van der Waals surface area contributed by atoms with Gasteiger partial charge in [0.1, 0.15) is 17.1 Å². The summed E-state index contributed by atoms with van der Waals surface area (Å²) in [5, 5.41) is 9.97. The van der Waals surface area contributed by atoms with Gasteiger partial charge in [-0.3, -0.25) is 19.4 Å². The summed E-state index contributed by atoms with van der Waals surface area (Å²) in [7, 11) is 0. The molecule has 0 bridgehead atoms. The molecule has 160 valence electrons. The van der Waals surface area contributed by atoms with Crippen molar-refractivity contribution < 1.29 is 23.9 Å². The van der Waals surface area contributed by atoms with E-state index in [1.165, 1.54) is 36.6 Å². The van der Waals surface area contributed by atoms with Crippen LogP contribution >= 0.6 is 0 Å². The second-order valence-electron chi connectivity index (χ2n) is 7.80. The van der Waals surface area contributed by atoms with Gasteiger partial charge in [-0.2, -0.15) is 0 Å². The average Bonchev–Trinajstić information content (AvgIpc) is 3.53. The summed E-state index contributed by atoms with van der Waals surface area (Å²) in [5.74, 6) is -1.47. The molecule has 0 atom stereocenters. The van der Waals surface area contributed by atoms with E-state index in [0.717, 1.165) is 0 Å². The topological polar surface area (TPSA) is 90.3 Å². The van der Waals surface area contributed by atoms with Crippen LogP contribution in [0.1, 0.15) is 28.8 Å². The fraction of sp³-hybridized carbons (Fsp3) is 0.304. The standard InChI is InChI=1S/C23H22FN3O4/c1-2-25-19-14-15(4-6-20(19)28)17-5-3-16(13-18(17)24)21(29)26-9-11-27(12-10-26)22(30)23(31)7-8-23/h2-6,13-14,31H,1,7-12H2. The normalized spacial score (nSPS) is 21.2. The number of ketones is 1. The van der Waals surface area contributed by atoms with Crippen molar-refractivity contribution in [3.05, 3.63) is 66.2 Å². The van der Waals surface area contributed by atoms with Crippen molar-refractivity contribution >= 4 is 28.9 Å². The Morgan fingerprint density at radius 2 is 1.81 bits per heavy atom. The smallest absolute Gasteiger partial charge is 0.254 e. The van der Waals surface area contributed by atoms with Crippen molar-refractivity contribution in [2.75, 3.05) is 26.2 Å². The van der Waals surface area contributed by atoms with Crippen LogP contribution in [0.25, 0.3) is 5.57 Å². The van der Waals surface area contributed by atoms with E-state index >= 15 is 0 Å². The van der Waals surface area contributed by atoms with Crippen molar-refractivity contribution in [1.29, 1.82) is 0 Å². The number of allylic oxidation sites excluding steroid dienone is 4. The summed E-state index contributed by atoms with van der Waals surface area (Å²) in [6, 6.07) is 4.22. The van der Waals surface area contributed by atoms with E-state index in [-0.39, 0.29) is 34.4 Å². The van der Waals surface area contributed by atoms with Gasteiger partial charge >= 0.3 is 0 Å². The Bertz CT molecular complexity index is 1060. The van der Waals surface area contributed by atoms with Crippen LogP contribution in [0.4, 0.5) is 4.39 Å². The summed E-state index contributed by atoms with van der Waals surface area (Å²) in [4.78, 5) is 43.9. The highest BCUT2D eigenvalue weighted by Gasteiger charge is 2.50. The van der Waals surface area contributed by atoms with Gasteiger partial charge in [0.05, 0.1) is 0 Å². The fourth-order valence-electron chi connectivity index (χ4n) is 3.69. The number of nitrogens with zero attached hydrogens (tertiary/aromatic N) is 3. The fourth-order valence-corrected chi connectivity index (χ4v) is 3.69. The van der Waals surface area contributed by atoms with Gasteiger partial charge in [0.15, 0.2) is 0 Å². The predicted octanol–water partition coefficient (Wildman–Crippen LogP) is 1.74. The molecule has 7 nitrogen and oxygen atoms in total. The molecule has 1 heterocycles. The third kappa shape index (κ3) is 4.11. The number of rotatable bonds is 4. The number of hydrogen-bond acceptors (Lipinski definition) is 5. The zero-order valence-corrected chi connectivity index (χ0v) is 16.9. The number of carbonyl (C=O) groups is 3. The zero-order chi connectivity index (χ0) is 22.2. The van der Waals surface area contributed by atoms with E-state index in [1.807, 2.05) is 0 Å². The summed E-state index contributed by atoms with van der Waals surface area (Å²) in [6.45, 7) is 4.78. The van der Waals surface area contributed by atoms with Crippen LogP contribution in [-0.4, -0.2) is 70.0 Å². The van der Waals surface area contributed by atoms with Gasteiger partial charge in [0.2, 0.25) is 5.78 Å². The van der Waals surface area contributed by atoms with Crippen LogP contribution in [0.15, 0.2) is 54.2 Å². The maximum Gasteiger partial charge on any atom is 0.254 e. The number of carbonyl (C=O) groups excluding carboxylic acids is 3. The Labute approximate surface area is 178 Å². The van der Waals surface area contributed by atoms with E-state index in [4.69, 9.17) is 0 Å². The minimum Gasteiger partial charge on any atom is -0.380 e. The first-order chi connectivity index (χ1) is 14.8. The molecular formula is C23H22FN3O4. The van der Waals surface area contributed by atoms with Crippen molar-refractivity contribution in [2.24, 2.45) is 4.99 Å². The molecule has 2 fully saturated rings. The Hall–Kier alpha value is -3.39. The van der Waals surface area contributed by atoms with Crippen LogP contribution in [0.2, 0.25) is 0 Å². The number of amides is 2. The van der Waals surface area contributed by atoms with Crippen molar-refractivity contribution in [3.8, 4) is 0 Å². The monoisotopic (exact) mass is 423 g/mol. The molecule has 0 radical (unpaired) electrons. The molecule has 31 heavy (non-hydrogen) atoms. The largest absolute Gasteiger partial charge is 0.380 e. The summed E-state index contributed by atoms with van der Waals surface area (Å²) in [5.41, 5.74) is -0.116. The quantitative estimate of drug-likeness (QED) is 0.747. The molecule has 1 saturated heterocycles. The van der Waals surface area contributed by atoms with Gasteiger partial charge < -0.3 is 14.9 Å². The Morgan fingerprint density at radius 1 is 1.13 bits per heavy atom. The summed E-state index contributed by atoms with van der Waals surface area (Å²) in [6.07, 6.45) is 6.52. The Morgan fingerprint density at radius 3 is 2.42 bits per heavy atom. The van der Waals surface area contributed by atoms with Crippen molar-refractivity contribution in [2.45, 2.75) is 18.4 Å². The van der Waals surface area contributed by atoms with Gasteiger partial charge in [-0.1, -0.05) is 18.7 Å². The maximum atomic E-state index is 14.8. The average molecular weight is 423 g/mol. The van der Waals surface area contributed by atoms with Crippen LogP contribution < -0.4 is 0 Å². The lowest BCUT2D eigenvalue weighted by Gasteiger charge is -2.35. The van der Waals surface area contributed by atoms with Crippen LogP contribution in [0, 0.1) is 5.82 Å². The molecule has 2 amide bonds. The van der Waals surface area contributed by atoms with Crippen molar-refractivity contribution in [3.63, 3.8) is 0 Å². The summed E-state index contributed by atoms with van der Waals surface area (Å²) < 4.78 is 14.8. The second-order valence-corrected chi connectivity index (χ2v) is 7.80. The SMILES string of the molecule is C=CN=C1C=C(c2ccc(C(=O)N3CCN(C(=O)C4(O)CC4)CC3)cc2F)C=CC1=O. The van der Waals surface area contributed by atoms with Gasteiger partial charge in [0.25, 0.3) is 11.8 Å². The number of aliphatic imine (C=N–C) groups is 1. The minimum absolute atomic E-state index is 0.162. The lowest BCUT2D eigenvalue weighted by Crippen LogP contribution is -2.53. The molecule has 1 N–H and O–H groups in total. The van der Waals surface area contributed by atoms with E-state index in [2.05, 4.69) is 11.6 Å². The molecule has 4 rings (SSSR count). The van der Waals surface area contributed by atoms with Crippen LogP contribution in [0.3, 0.4) is 0 Å². The second kappa shape index (κ2) is 8.03.